The second kappa shape index (κ2) is 7.22. The zero-order valence-corrected chi connectivity index (χ0v) is 14.9. The van der Waals surface area contributed by atoms with Gasteiger partial charge in [0.1, 0.15) is 18.8 Å². The molecule has 2 aromatic rings. The zero-order valence-electron chi connectivity index (χ0n) is 14.9. The van der Waals surface area contributed by atoms with Crippen LogP contribution in [-0.2, 0) is 0 Å². The molecule has 0 unspecified atom stereocenters. The predicted molar refractivity (Wildman–Crippen MR) is 101 cm³/mol. The van der Waals surface area contributed by atoms with Crippen molar-refractivity contribution in [2.75, 3.05) is 36.4 Å². The molecule has 8 heteroatoms. The molecule has 8 nitrogen and oxygen atoms in total. The van der Waals surface area contributed by atoms with E-state index in [1.165, 1.54) is 6.07 Å². The van der Waals surface area contributed by atoms with Crippen LogP contribution >= 0.6 is 0 Å². The smallest absolute Gasteiger partial charge is 0.293 e. The number of piperazine rings is 1. The summed E-state index contributed by atoms with van der Waals surface area (Å²) in [5, 5.41) is 14.6. The molecule has 2 fully saturated rings. The van der Waals surface area contributed by atoms with Crippen LogP contribution in [0.1, 0.15) is 23.2 Å². The van der Waals surface area contributed by atoms with Gasteiger partial charge in [-0.05, 0) is 31.0 Å². The molecule has 2 aliphatic rings. The van der Waals surface area contributed by atoms with Crippen molar-refractivity contribution in [2.45, 2.75) is 18.9 Å². The first-order valence-corrected chi connectivity index (χ1v) is 9.18. The zero-order chi connectivity index (χ0) is 18.8. The van der Waals surface area contributed by atoms with Crippen molar-refractivity contribution in [3.63, 3.8) is 0 Å². The van der Waals surface area contributed by atoms with Crippen LogP contribution in [0.3, 0.4) is 0 Å². The molecule has 27 heavy (non-hydrogen) atoms. The van der Waals surface area contributed by atoms with Gasteiger partial charge in [-0.3, -0.25) is 19.8 Å². The number of benzene rings is 1. The Morgan fingerprint density at radius 1 is 1.15 bits per heavy atom. The molecule has 1 aromatic heterocycles. The fraction of sp³-hybridized carbons (Fsp3) is 0.368. The van der Waals surface area contributed by atoms with Crippen LogP contribution in [0.4, 0.5) is 17.2 Å². The van der Waals surface area contributed by atoms with Gasteiger partial charge in [0.15, 0.2) is 0 Å². The number of amides is 1. The standard InChI is InChI=1S/C19H21N5O3/c25-19(23-11-9-22(10-12-23)18-3-1-2-8-20-18)14-4-7-16(21-15-5-6-15)17(13-14)24(26)27/h1-4,7-8,13,15,21H,5-6,9-12H2/p+1. The van der Waals surface area contributed by atoms with E-state index in [0.29, 0.717) is 30.4 Å². The largest absolute Gasteiger partial charge is 0.377 e. The molecule has 0 bridgehead atoms. The highest BCUT2D eigenvalue weighted by Crippen LogP contribution is 2.32. The summed E-state index contributed by atoms with van der Waals surface area (Å²) < 4.78 is 0. The first kappa shape index (κ1) is 17.3. The van der Waals surface area contributed by atoms with Crippen molar-refractivity contribution in [3.8, 4) is 0 Å². The Morgan fingerprint density at radius 3 is 2.56 bits per heavy atom. The topological polar surface area (TPSA) is 92.9 Å². The van der Waals surface area contributed by atoms with Gasteiger partial charge in [0.25, 0.3) is 17.4 Å². The minimum Gasteiger partial charge on any atom is -0.377 e. The number of carbonyl (C=O) groups is 1. The summed E-state index contributed by atoms with van der Waals surface area (Å²) in [6.07, 6.45) is 3.94. The minimum absolute atomic E-state index is 0.0368. The molecular formula is C19H22N5O3+. The maximum Gasteiger partial charge on any atom is 0.293 e. The van der Waals surface area contributed by atoms with E-state index in [-0.39, 0.29) is 11.6 Å². The van der Waals surface area contributed by atoms with Crippen molar-refractivity contribution < 1.29 is 14.7 Å². The van der Waals surface area contributed by atoms with E-state index < -0.39 is 4.92 Å². The third kappa shape index (κ3) is 3.84. The van der Waals surface area contributed by atoms with Gasteiger partial charge in [-0.2, -0.15) is 0 Å². The van der Waals surface area contributed by atoms with Crippen LogP contribution in [0.5, 0.6) is 0 Å². The third-order valence-electron chi connectivity index (χ3n) is 4.98. The first-order chi connectivity index (χ1) is 13.1. The number of carbonyl (C=O) groups excluding carboxylic acids is 1. The van der Waals surface area contributed by atoms with Gasteiger partial charge in [0.05, 0.1) is 24.2 Å². The number of aromatic amines is 1. The number of aromatic nitrogens is 1. The molecule has 140 valence electrons. The molecule has 1 saturated carbocycles. The quantitative estimate of drug-likeness (QED) is 0.643. The van der Waals surface area contributed by atoms with E-state index in [1.807, 2.05) is 24.4 Å². The maximum absolute atomic E-state index is 12.8. The van der Waals surface area contributed by atoms with E-state index in [2.05, 4.69) is 15.2 Å². The molecule has 1 aromatic carbocycles. The van der Waals surface area contributed by atoms with E-state index in [0.717, 1.165) is 31.7 Å². The lowest BCUT2D eigenvalue weighted by atomic mass is 10.1. The molecule has 0 radical (unpaired) electrons. The molecule has 1 saturated heterocycles. The number of rotatable bonds is 5. The molecule has 2 heterocycles. The Labute approximate surface area is 157 Å². The van der Waals surface area contributed by atoms with E-state index in [1.54, 1.807) is 17.0 Å². The van der Waals surface area contributed by atoms with Crippen LogP contribution in [-0.4, -0.2) is 48.0 Å². The van der Waals surface area contributed by atoms with Crippen molar-refractivity contribution in [3.05, 3.63) is 58.3 Å². The van der Waals surface area contributed by atoms with Gasteiger partial charge in [-0.15, -0.1) is 0 Å². The van der Waals surface area contributed by atoms with Gasteiger partial charge in [-0.1, -0.05) is 6.07 Å². The Bertz CT molecular complexity index is 846. The highest BCUT2D eigenvalue weighted by Gasteiger charge is 2.29. The minimum atomic E-state index is -0.426. The molecule has 0 atom stereocenters. The number of nitrogens with one attached hydrogen (secondary N) is 2. The monoisotopic (exact) mass is 368 g/mol. The third-order valence-corrected chi connectivity index (χ3v) is 4.98. The van der Waals surface area contributed by atoms with Crippen LogP contribution < -0.4 is 15.2 Å². The van der Waals surface area contributed by atoms with Gasteiger partial charge in [-0.25, -0.2) is 4.98 Å². The molecule has 1 aliphatic carbocycles. The van der Waals surface area contributed by atoms with Crippen molar-refractivity contribution >= 4 is 23.1 Å². The maximum atomic E-state index is 12.8. The average molecular weight is 368 g/mol. The number of hydrogen-bond donors (Lipinski definition) is 1. The number of anilines is 2. The summed E-state index contributed by atoms with van der Waals surface area (Å²) in [5.74, 6) is 0.864. The average Bonchev–Trinajstić information content (AvgIpc) is 3.52. The molecule has 0 spiro atoms. The van der Waals surface area contributed by atoms with Crippen molar-refractivity contribution in [1.29, 1.82) is 0 Å². The highest BCUT2D eigenvalue weighted by atomic mass is 16.6. The van der Waals surface area contributed by atoms with Gasteiger partial charge in [0.2, 0.25) is 0 Å². The second-order valence-corrected chi connectivity index (χ2v) is 6.93. The second-order valence-electron chi connectivity index (χ2n) is 6.93. The molecule has 4 rings (SSSR count). The van der Waals surface area contributed by atoms with Crippen LogP contribution in [0.2, 0.25) is 0 Å². The Morgan fingerprint density at radius 2 is 1.93 bits per heavy atom. The summed E-state index contributed by atoms with van der Waals surface area (Å²) >= 11 is 0. The lowest BCUT2D eigenvalue weighted by Crippen LogP contribution is -2.50. The van der Waals surface area contributed by atoms with Crippen LogP contribution in [0.15, 0.2) is 42.6 Å². The number of nitrogens with zero attached hydrogens (tertiary/aromatic N) is 3. The Hall–Kier alpha value is -3.16. The van der Waals surface area contributed by atoms with Gasteiger partial charge in [0, 0.05) is 23.7 Å². The Balaban J connectivity index is 1.45. The summed E-state index contributed by atoms with van der Waals surface area (Å²) in [7, 11) is 0. The SMILES string of the molecule is O=C(c1ccc(NC2CC2)c([N+](=O)[O-])c1)N1CCN(c2cccc[nH+]2)CC1. The number of nitro groups is 1. The molecule has 2 N–H and O–H groups in total. The number of H-pyrrole nitrogens is 1. The molecule has 1 aliphatic heterocycles. The van der Waals surface area contributed by atoms with Gasteiger partial charge >= 0.3 is 0 Å². The summed E-state index contributed by atoms with van der Waals surface area (Å²) in [5.41, 5.74) is 0.816. The summed E-state index contributed by atoms with van der Waals surface area (Å²) in [6.45, 7) is 2.60. The highest BCUT2D eigenvalue weighted by molar-refractivity contribution is 5.96. The summed E-state index contributed by atoms with van der Waals surface area (Å²) in [4.78, 5) is 30.9. The van der Waals surface area contributed by atoms with E-state index in [9.17, 15) is 14.9 Å². The number of hydrogen-bond acceptors (Lipinski definition) is 5. The molecule has 1 amide bonds. The van der Waals surface area contributed by atoms with Crippen molar-refractivity contribution in [2.24, 2.45) is 0 Å². The molecular weight excluding hydrogens is 346 g/mol. The van der Waals surface area contributed by atoms with E-state index in [4.69, 9.17) is 0 Å². The van der Waals surface area contributed by atoms with Crippen LogP contribution in [0, 0.1) is 10.1 Å². The fourth-order valence-corrected chi connectivity index (χ4v) is 3.30. The van der Waals surface area contributed by atoms with Crippen LogP contribution in [0.25, 0.3) is 0 Å². The first-order valence-electron chi connectivity index (χ1n) is 9.18. The number of nitro benzene ring substituents is 1. The predicted octanol–water partition coefficient (Wildman–Crippen LogP) is 1.95. The normalized spacial score (nSPS) is 16.9. The van der Waals surface area contributed by atoms with E-state index >= 15 is 0 Å². The lowest BCUT2D eigenvalue weighted by Gasteiger charge is -2.31. The van der Waals surface area contributed by atoms with Gasteiger partial charge < -0.3 is 10.2 Å². The lowest BCUT2D eigenvalue weighted by molar-refractivity contribution is -0.384. The number of pyridine rings is 1. The fourth-order valence-electron chi connectivity index (χ4n) is 3.30. The summed E-state index contributed by atoms with van der Waals surface area (Å²) in [6, 6.07) is 10.9. The van der Waals surface area contributed by atoms with Crippen molar-refractivity contribution in [1.82, 2.24) is 4.90 Å². The Kier molecular flexibility index (Phi) is 4.62.